The zero-order valence-corrected chi connectivity index (χ0v) is 21.9. The van der Waals surface area contributed by atoms with E-state index in [0.717, 1.165) is 57.1 Å². The van der Waals surface area contributed by atoms with Crippen LogP contribution < -0.4 is 9.47 Å². The number of piperidine rings is 2. The minimum Gasteiger partial charge on any atom is -0.493 e. The molecule has 2 fully saturated rings. The summed E-state index contributed by atoms with van der Waals surface area (Å²) >= 11 is 0. The smallest absolute Gasteiger partial charge is 0.253 e. The number of oxime groups is 1. The summed E-state index contributed by atoms with van der Waals surface area (Å²) < 4.78 is 11.5. The molecule has 0 atom stereocenters. The zero-order valence-electron chi connectivity index (χ0n) is 21.9. The number of allylic oxidation sites excluding steroid dienone is 1. The second kappa shape index (κ2) is 12.6. The third kappa shape index (κ3) is 7.01. The number of hydrogen-bond donors (Lipinski definition) is 0. The minimum atomic E-state index is 0.00424. The van der Waals surface area contributed by atoms with Crippen LogP contribution >= 0.6 is 0 Å². The topological polar surface area (TPSA) is 63.6 Å². The summed E-state index contributed by atoms with van der Waals surface area (Å²) in [5, 5.41) is 3.64. The fourth-order valence-corrected chi connectivity index (χ4v) is 5.19. The van der Waals surface area contributed by atoms with Gasteiger partial charge in [0.2, 0.25) is 0 Å². The summed E-state index contributed by atoms with van der Waals surface area (Å²) in [6.07, 6.45) is 9.30. The van der Waals surface area contributed by atoms with Gasteiger partial charge in [0.25, 0.3) is 5.91 Å². The van der Waals surface area contributed by atoms with Crippen LogP contribution in [0.5, 0.6) is 17.2 Å². The molecule has 0 N–H and O–H groups in total. The number of amides is 1. The number of rotatable bonds is 9. The Bertz CT molecular complexity index is 1130. The number of para-hydroxylation sites is 2. The van der Waals surface area contributed by atoms with Gasteiger partial charge in [-0.15, -0.1) is 0 Å². The first-order chi connectivity index (χ1) is 18.0. The monoisotopic (exact) mass is 503 g/mol. The number of ether oxygens (including phenoxy) is 2. The van der Waals surface area contributed by atoms with Gasteiger partial charge in [0.1, 0.15) is 12.9 Å². The van der Waals surface area contributed by atoms with E-state index in [2.05, 4.69) is 33.6 Å². The number of hydrogen-bond acceptors (Lipinski definition) is 6. The van der Waals surface area contributed by atoms with Crippen molar-refractivity contribution in [1.82, 2.24) is 9.80 Å². The Balaban J connectivity index is 1.26. The molecule has 2 saturated heterocycles. The number of benzene rings is 2. The first-order valence-electron chi connectivity index (χ1n) is 12.9. The molecule has 2 aromatic rings. The Morgan fingerprint density at radius 1 is 1.00 bits per heavy atom. The van der Waals surface area contributed by atoms with Gasteiger partial charge in [-0.05, 0) is 86.2 Å². The lowest BCUT2D eigenvalue weighted by atomic mass is 9.71. The van der Waals surface area contributed by atoms with Gasteiger partial charge in [-0.1, -0.05) is 36.0 Å². The fourth-order valence-electron chi connectivity index (χ4n) is 5.19. The normalized spacial score (nSPS) is 17.8. The first kappa shape index (κ1) is 26.5. The fraction of sp³-hybridized carbons (Fsp3) is 0.400. The molecule has 2 heterocycles. The van der Waals surface area contributed by atoms with Crippen molar-refractivity contribution in [3.8, 4) is 17.2 Å². The number of methoxy groups -OCH3 is 1. The van der Waals surface area contributed by atoms with Crippen molar-refractivity contribution in [2.45, 2.75) is 32.2 Å². The Hall–Kier alpha value is -3.58. The zero-order chi connectivity index (χ0) is 26.1. The average Bonchev–Trinajstić information content (AvgIpc) is 2.93. The highest BCUT2D eigenvalue weighted by molar-refractivity contribution is 5.96. The Labute approximate surface area is 220 Å². The van der Waals surface area contributed by atoms with E-state index in [-0.39, 0.29) is 5.91 Å². The molecule has 7 nitrogen and oxygen atoms in total. The van der Waals surface area contributed by atoms with Crippen LogP contribution in [0.3, 0.4) is 0 Å². The van der Waals surface area contributed by atoms with Crippen molar-refractivity contribution < 1.29 is 19.1 Å². The van der Waals surface area contributed by atoms with Gasteiger partial charge in [0, 0.05) is 25.2 Å². The maximum Gasteiger partial charge on any atom is 0.253 e. The van der Waals surface area contributed by atoms with Gasteiger partial charge in [-0.2, -0.15) is 0 Å². The molecule has 4 rings (SSSR count). The molecule has 2 aromatic carbocycles. The van der Waals surface area contributed by atoms with E-state index in [0.29, 0.717) is 16.7 Å². The van der Waals surface area contributed by atoms with Gasteiger partial charge >= 0.3 is 0 Å². The number of likely N-dealkylation sites (tertiary alicyclic amines) is 2. The molecular weight excluding hydrogens is 466 g/mol. The summed E-state index contributed by atoms with van der Waals surface area (Å²) in [4.78, 5) is 21.8. The van der Waals surface area contributed by atoms with E-state index in [1.807, 2.05) is 41.3 Å². The highest BCUT2D eigenvalue weighted by Gasteiger charge is 2.38. The summed E-state index contributed by atoms with van der Waals surface area (Å²) in [7, 11) is 3.13. The van der Waals surface area contributed by atoms with Crippen LogP contribution in [0.1, 0.15) is 31.2 Å². The Morgan fingerprint density at radius 2 is 1.70 bits per heavy atom. The largest absolute Gasteiger partial charge is 0.493 e. The lowest BCUT2D eigenvalue weighted by molar-refractivity contribution is -0.129. The lowest BCUT2D eigenvalue weighted by Gasteiger charge is -2.47. The van der Waals surface area contributed by atoms with E-state index in [9.17, 15) is 4.79 Å². The standard InChI is InChI=1S/C30H37N3O4/c1-24(8-7-17-31-36-3)29(34)33-20-15-30(16-21-33)13-18-32(19-14-30)23-25-9-6-10-26(22-25)37-28-12-5-4-11-27(28)35-2/h4-12,17,22H,1,13-16,18-21,23H2,2-3H3/b8-7-,31-17+. The minimum absolute atomic E-state index is 0.00424. The third-order valence-electron chi connectivity index (χ3n) is 7.45. The average molecular weight is 504 g/mol. The molecule has 196 valence electrons. The van der Waals surface area contributed by atoms with Crippen molar-refractivity contribution in [3.05, 3.63) is 78.4 Å². The molecule has 0 aliphatic carbocycles. The second-order valence-corrected chi connectivity index (χ2v) is 9.79. The third-order valence-corrected chi connectivity index (χ3v) is 7.45. The van der Waals surface area contributed by atoms with Crippen molar-refractivity contribution in [3.63, 3.8) is 0 Å². The number of carbonyl (C=O) groups is 1. The van der Waals surface area contributed by atoms with Crippen LogP contribution in [0, 0.1) is 5.41 Å². The van der Waals surface area contributed by atoms with Crippen LogP contribution in [0.15, 0.2) is 78.0 Å². The molecule has 1 amide bonds. The maximum absolute atomic E-state index is 12.7. The SMILES string of the molecule is C=C(/C=C\C=N\OC)C(=O)N1CCC2(CCN(Cc3cccc(Oc4ccccc4OC)c3)CC2)CC1. The van der Waals surface area contributed by atoms with Gasteiger partial charge in [0.05, 0.1) is 13.3 Å². The van der Waals surface area contributed by atoms with Crippen LogP contribution in [-0.2, 0) is 16.2 Å². The molecule has 0 aromatic heterocycles. The van der Waals surface area contributed by atoms with Gasteiger partial charge in [0.15, 0.2) is 11.5 Å². The molecule has 0 radical (unpaired) electrons. The van der Waals surface area contributed by atoms with E-state index < -0.39 is 0 Å². The summed E-state index contributed by atoms with van der Waals surface area (Å²) in [5.74, 6) is 2.25. The highest BCUT2D eigenvalue weighted by Crippen LogP contribution is 2.42. The Kier molecular flexibility index (Phi) is 9.01. The predicted molar refractivity (Wildman–Crippen MR) is 146 cm³/mol. The van der Waals surface area contributed by atoms with Gasteiger partial charge < -0.3 is 19.2 Å². The molecule has 0 saturated carbocycles. The van der Waals surface area contributed by atoms with Crippen molar-refractivity contribution >= 4 is 12.1 Å². The maximum atomic E-state index is 12.7. The molecule has 7 heteroatoms. The van der Waals surface area contributed by atoms with Crippen LogP contribution in [0.2, 0.25) is 0 Å². The lowest BCUT2D eigenvalue weighted by Crippen LogP contribution is -2.48. The second-order valence-electron chi connectivity index (χ2n) is 9.79. The van der Waals surface area contributed by atoms with Crippen LogP contribution in [0.4, 0.5) is 0 Å². The van der Waals surface area contributed by atoms with Gasteiger partial charge in [-0.3, -0.25) is 9.69 Å². The number of nitrogens with zero attached hydrogens (tertiary/aromatic N) is 3. The summed E-state index contributed by atoms with van der Waals surface area (Å²) in [5.41, 5.74) is 2.06. The van der Waals surface area contributed by atoms with Crippen LogP contribution in [0.25, 0.3) is 0 Å². The van der Waals surface area contributed by atoms with Gasteiger partial charge in [-0.25, -0.2) is 0 Å². The molecule has 2 aliphatic rings. The molecule has 0 bridgehead atoms. The molecule has 0 unspecified atom stereocenters. The highest BCUT2D eigenvalue weighted by atomic mass is 16.6. The van der Waals surface area contributed by atoms with Crippen molar-refractivity contribution in [1.29, 1.82) is 0 Å². The predicted octanol–water partition coefficient (Wildman–Crippen LogP) is 5.44. The first-order valence-corrected chi connectivity index (χ1v) is 12.9. The molecule has 37 heavy (non-hydrogen) atoms. The van der Waals surface area contributed by atoms with E-state index in [4.69, 9.17) is 9.47 Å². The summed E-state index contributed by atoms with van der Waals surface area (Å²) in [6, 6.07) is 16.0. The summed E-state index contributed by atoms with van der Waals surface area (Å²) in [6.45, 7) is 8.54. The van der Waals surface area contributed by atoms with E-state index >= 15 is 0 Å². The number of carbonyl (C=O) groups excluding carboxylic acids is 1. The molecular formula is C30H37N3O4. The van der Waals surface area contributed by atoms with E-state index in [1.54, 1.807) is 19.3 Å². The molecule has 2 aliphatic heterocycles. The Morgan fingerprint density at radius 3 is 2.41 bits per heavy atom. The van der Waals surface area contributed by atoms with Crippen molar-refractivity contribution in [2.75, 3.05) is 40.4 Å². The quantitative estimate of drug-likeness (QED) is 0.197. The van der Waals surface area contributed by atoms with E-state index in [1.165, 1.54) is 31.7 Å². The van der Waals surface area contributed by atoms with Crippen LogP contribution in [-0.4, -0.2) is 62.3 Å². The van der Waals surface area contributed by atoms with Crippen molar-refractivity contribution in [2.24, 2.45) is 10.6 Å². The molecule has 1 spiro atoms.